The molecule has 2 rings (SSSR count). The minimum atomic E-state index is -0.147. The zero-order chi connectivity index (χ0) is 18.2. The average Bonchev–Trinajstić information content (AvgIpc) is 2.58. The van der Waals surface area contributed by atoms with Crippen molar-refractivity contribution in [3.05, 3.63) is 29.8 Å². The Kier molecular flexibility index (Phi) is 7.25. The van der Waals surface area contributed by atoms with Crippen LogP contribution in [-0.2, 0) is 11.3 Å². The van der Waals surface area contributed by atoms with Gasteiger partial charge in [-0.3, -0.25) is 4.79 Å². The minimum absolute atomic E-state index is 0.106. The highest BCUT2D eigenvalue weighted by molar-refractivity contribution is 5.88. The van der Waals surface area contributed by atoms with Gasteiger partial charge in [-0.05, 0) is 56.8 Å². The Balaban J connectivity index is 1.73. The number of carbonyl (C=O) groups is 2. The molecule has 0 aromatic heterocycles. The zero-order valence-corrected chi connectivity index (χ0v) is 15.5. The molecule has 25 heavy (non-hydrogen) atoms. The molecule has 3 amide bonds. The van der Waals surface area contributed by atoms with Gasteiger partial charge in [-0.15, -0.1) is 0 Å². The quantitative estimate of drug-likeness (QED) is 0.741. The van der Waals surface area contributed by atoms with Crippen LogP contribution in [0.2, 0.25) is 0 Å². The molecule has 1 aromatic carbocycles. The molecular formula is C19H30N4O2. The molecule has 0 unspecified atom stereocenters. The first kappa shape index (κ1) is 19.2. The molecule has 1 aliphatic heterocycles. The first-order valence-electron chi connectivity index (χ1n) is 9.06. The number of nitrogens with one attached hydrogen (secondary N) is 3. The summed E-state index contributed by atoms with van der Waals surface area (Å²) in [5, 5.41) is 8.60. The van der Waals surface area contributed by atoms with E-state index in [1.807, 2.05) is 24.3 Å². The van der Waals surface area contributed by atoms with Crippen LogP contribution >= 0.6 is 0 Å². The van der Waals surface area contributed by atoms with Gasteiger partial charge in [0.15, 0.2) is 0 Å². The van der Waals surface area contributed by atoms with E-state index in [0.717, 1.165) is 24.3 Å². The van der Waals surface area contributed by atoms with Gasteiger partial charge in [-0.1, -0.05) is 12.1 Å². The number of piperidine rings is 1. The Hall–Kier alpha value is -2.08. The first-order chi connectivity index (χ1) is 11.9. The van der Waals surface area contributed by atoms with Gasteiger partial charge in [0.2, 0.25) is 5.91 Å². The molecular weight excluding hydrogens is 316 g/mol. The summed E-state index contributed by atoms with van der Waals surface area (Å²) in [5.41, 5.74) is 1.69. The number of likely N-dealkylation sites (tertiary alicyclic amines) is 1. The van der Waals surface area contributed by atoms with Crippen LogP contribution in [0.25, 0.3) is 0 Å². The van der Waals surface area contributed by atoms with Crippen molar-refractivity contribution < 1.29 is 9.59 Å². The maximum atomic E-state index is 12.0. The molecule has 1 aromatic rings. The second-order valence-corrected chi connectivity index (χ2v) is 7.04. The van der Waals surface area contributed by atoms with Crippen LogP contribution in [0.4, 0.5) is 10.5 Å². The lowest BCUT2D eigenvalue weighted by Crippen LogP contribution is -2.45. The average molecular weight is 346 g/mol. The van der Waals surface area contributed by atoms with Gasteiger partial charge in [0.05, 0.1) is 0 Å². The summed E-state index contributed by atoms with van der Waals surface area (Å²) in [7, 11) is 0. The number of nitrogens with zero attached hydrogens (tertiary/aromatic N) is 1. The highest BCUT2D eigenvalue weighted by atomic mass is 16.2. The standard InChI is InChI=1S/C19H30N4O2/c1-14(2)23-9-5-7-17(13-23)12-21-19(25)20-11-16-6-4-8-18(10-16)22-15(3)24/h4,6,8,10,14,17H,5,7,9,11-13H2,1-3H3,(H,22,24)(H2,20,21,25)/t17-/m1/s1. The van der Waals surface area contributed by atoms with Crippen LogP contribution in [0.15, 0.2) is 24.3 Å². The number of hydrogen-bond donors (Lipinski definition) is 3. The SMILES string of the molecule is CC(=O)Nc1cccc(CNC(=O)NC[C@H]2CCCN(C(C)C)C2)c1. The maximum absolute atomic E-state index is 12.0. The van der Waals surface area contributed by atoms with Crippen LogP contribution in [0.5, 0.6) is 0 Å². The second-order valence-electron chi connectivity index (χ2n) is 7.04. The summed E-state index contributed by atoms with van der Waals surface area (Å²) in [6, 6.07) is 7.90. The van der Waals surface area contributed by atoms with Gasteiger partial charge >= 0.3 is 6.03 Å². The van der Waals surface area contributed by atoms with E-state index < -0.39 is 0 Å². The summed E-state index contributed by atoms with van der Waals surface area (Å²) < 4.78 is 0. The fourth-order valence-corrected chi connectivity index (χ4v) is 3.18. The number of urea groups is 1. The smallest absolute Gasteiger partial charge is 0.315 e. The lowest BCUT2D eigenvalue weighted by Gasteiger charge is -2.35. The second kappa shape index (κ2) is 9.42. The van der Waals surface area contributed by atoms with E-state index in [2.05, 4.69) is 34.7 Å². The van der Waals surface area contributed by atoms with Gasteiger partial charge in [0, 0.05) is 38.3 Å². The number of hydrogen-bond acceptors (Lipinski definition) is 3. The van der Waals surface area contributed by atoms with E-state index in [9.17, 15) is 9.59 Å². The van der Waals surface area contributed by atoms with Crippen LogP contribution in [0.1, 0.15) is 39.2 Å². The van der Waals surface area contributed by atoms with Crippen molar-refractivity contribution in [3.8, 4) is 0 Å². The summed E-state index contributed by atoms with van der Waals surface area (Å²) in [5.74, 6) is 0.413. The first-order valence-corrected chi connectivity index (χ1v) is 9.06. The highest BCUT2D eigenvalue weighted by Gasteiger charge is 2.21. The fourth-order valence-electron chi connectivity index (χ4n) is 3.18. The Morgan fingerprint density at radius 1 is 1.28 bits per heavy atom. The zero-order valence-electron chi connectivity index (χ0n) is 15.5. The van der Waals surface area contributed by atoms with Gasteiger partial charge < -0.3 is 20.9 Å². The van der Waals surface area contributed by atoms with Gasteiger partial charge in [0.25, 0.3) is 0 Å². The van der Waals surface area contributed by atoms with Crippen LogP contribution in [-0.4, -0.2) is 42.5 Å². The molecule has 0 aliphatic carbocycles. The third-order valence-electron chi connectivity index (χ3n) is 4.53. The molecule has 0 spiro atoms. The molecule has 1 heterocycles. The van der Waals surface area contributed by atoms with E-state index in [1.165, 1.54) is 19.8 Å². The van der Waals surface area contributed by atoms with Crippen molar-refractivity contribution in [2.24, 2.45) is 5.92 Å². The molecule has 3 N–H and O–H groups in total. The molecule has 1 atom stereocenters. The van der Waals surface area contributed by atoms with E-state index >= 15 is 0 Å². The molecule has 0 radical (unpaired) electrons. The number of carbonyl (C=O) groups excluding carboxylic acids is 2. The topological polar surface area (TPSA) is 73.5 Å². The third kappa shape index (κ3) is 6.74. The van der Waals surface area contributed by atoms with E-state index in [4.69, 9.17) is 0 Å². The molecule has 1 saturated heterocycles. The maximum Gasteiger partial charge on any atom is 0.315 e. The number of rotatable bonds is 6. The predicted molar refractivity (Wildman–Crippen MR) is 100 cm³/mol. The van der Waals surface area contributed by atoms with E-state index in [1.54, 1.807) is 0 Å². The molecule has 6 heteroatoms. The lowest BCUT2D eigenvalue weighted by molar-refractivity contribution is -0.114. The number of benzene rings is 1. The molecule has 1 fully saturated rings. The largest absolute Gasteiger partial charge is 0.338 e. The van der Waals surface area contributed by atoms with Crippen molar-refractivity contribution in [2.75, 3.05) is 25.0 Å². The third-order valence-corrected chi connectivity index (χ3v) is 4.53. The number of anilines is 1. The Morgan fingerprint density at radius 3 is 2.80 bits per heavy atom. The summed E-state index contributed by atoms with van der Waals surface area (Å²) in [4.78, 5) is 25.6. The monoisotopic (exact) mass is 346 g/mol. The number of amides is 3. The highest BCUT2D eigenvalue weighted by Crippen LogP contribution is 2.17. The summed E-state index contributed by atoms with van der Waals surface area (Å²) in [6.07, 6.45) is 2.37. The minimum Gasteiger partial charge on any atom is -0.338 e. The fraction of sp³-hybridized carbons (Fsp3) is 0.579. The van der Waals surface area contributed by atoms with Crippen molar-refractivity contribution in [1.29, 1.82) is 0 Å². The predicted octanol–water partition coefficient (Wildman–Crippen LogP) is 2.56. The summed E-state index contributed by atoms with van der Waals surface area (Å²) in [6.45, 7) is 9.27. The van der Waals surface area contributed by atoms with E-state index in [0.29, 0.717) is 25.0 Å². The van der Waals surface area contributed by atoms with Crippen molar-refractivity contribution in [3.63, 3.8) is 0 Å². The Labute approximate surface area is 150 Å². The Morgan fingerprint density at radius 2 is 2.08 bits per heavy atom. The van der Waals surface area contributed by atoms with Crippen LogP contribution in [0, 0.1) is 5.92 Å². The van der Waals surface area contributed by atoms with Crippen LogP contribution < -0.4 is 16.0 Å². The van der Waals surface area contributed by atoms with Crippen LogP contribution in [0.3, 0.4) is 0 Å². The lowest BCUT2D eigenvalue weighted by atomic mass is 9.97. The summed E-state index contributed by atoms with van der Waals surface area (Å²) >= 11 is 0. The normalized spacial score (nSPS) is 18.0. The van der Waals surface area contributed by atoms with Gasteiger partial charge in [0.1, 0.15) is 0 Å². The van der Waals surface area contributed by atoms with Crippen molar-refractivity contribution in [1.82, 2.24) is 15.5 Å². The molecule has 0 saturated carbocycles. The van der Waals surface area contributed by atoms with Gasteiger partial charge in [-0.25, -0.2) is 4.79 Å². The van der Waals surface area contributed by atoms with Crippen molar-refractivity contribution in [2.45, 2.75) is 46.2 Å². The molecule has 138 valence electrons. The van der Waals surface area contributed by atoms with Gasteiger partial charge in [-0.2, -0.15) is 0 Å². The van der Waals surface area contributed by atoms with E-state index in [-0.39, 0.29) is 11.9 Å². The molecule has 0 bridgehead atoms. The molecule has 6 nitrogen and oxygen atoms in total. The van der Waals surface area contributed by atoms with Crippen molar-refractivity contribution >= 4 is 17.6 Å². The molecule has 1 aliphatic rings. The Bertz CT molecular complexity index is 589.